The van der Waals surface area contributed by atoms with Gasteiger partial charge in [-0.15, -0.1) is 0 Å². The third kappa shape index (κ3) is 5.47. The second-order valence-electron chi connectivity index (χ2n) is 14.2. The molecule has 0 atom stereocenters. The van der Waals surface area contributed by atoms with Crippen LogP contribution in [0.4, 0.5) is 0 Å². The van der Waals surface area contributed by atoms with Gasteiger partial charge < -0.3 is 8.98 Å². The molecule has 0 amide bonds. The van der Waals surface area contributed by atoms with Crippen LogP contribution in [0, 0.1) is 0 Å². The molecule has 11 aromatic rings. The normalized spacial score (nSPS) is 11.6. The fraction of sp³-hybridized carbons (Fsp3) is 0. The van der Waals surface area contributed by atoms with Crippen LogP contribution < -0.4 is 0 Å². The standard InChI is InChI=1S/C52H33N3O/c1-3-12-35(13-4-1)46-33-47(36-14-5-2-6-15-36)54-52(53-46)40-17-11-16-37(30-40)39-24-28-49-44(31-39)42-18-7-9-20-48(42)55(49)41-26-22-34(23-27-41)38-25-29-51-45(32-38)43-19-8-10-21-50(43)56-51/h1-33H. The Balaban J connectivity index is 0.977. The predicted octanol–water partition coefficient (Wildman–Crippen LogP) is 13.8. The molecule has 0 radical (unpaired) electrons. The first-order chi connectivity index (χ1) is 27.7. The minimum absolute atomic E-state index is 0.700. The molecule has 4 heteroatoms. The minimum Gasteiger partial charge on any atom is -0.456 e. The Morgan fingerprint density at radius 2 is 0.857 bits per heavy atom. The van der Waals surface area contributed by atoms with Gasteiger partial charge >= 0.3 is 0 Å². The van der Waals surface area contributed by atoms with Gasteiger partial charge in [0, 0.05) is 43.9 Å². The van der Waals surface area contributed by atoms with Crippen molar-refractivity contribution in [3.05, 3.63) is 200 Å². The average molecular weight is 716 g/mol. The van der Waals surface area contributed by atoms with E-state index in [1.165, 1.54) is 16.3 Å². The van der Waals surface area contributed by atoms with E-state index in [4.69, 9.17) is 14.4 Å². The summed E-state index contributed by atoms with van der Waals surface area (Å²) in [5, 5.41) is 4.70. The van der Waals surface area contributed by atoms with E-state index < -0.39 is 0 Å². The van der Waals surface area contributed by atoms with Crippen molar-refractivity contribution in [2.24, 2.45) is 0 Å². The smallest absolute Gasteiger partial charge is 0.160 e. The summed E-state index contributed by atoms with van der Waals surface area (Å²) in [5.74, 6) is 0.700. The van der Waals surface area contributed by atoms with Crippen molar-refractivity contribution in [3.8, 4) is 61.8 Å². The molecule has 8 aromatic carbocycles. The highest BCUT2D eigenvalue weighted by Crippen LogP contribution is 2.38. The number of fused-ring (bicyclic) bond motifs is 6. The fourth-order valence-corrected chi connectivity index (χ4v) is 8.07. The van der Waals surface area contributed by atoms with Gasteiger partial charge in [0.2, 0.25) is 0 Å². The third-order valence-corrected chi connectivity index (χ3v) is 10.8. The van der Waals surface area contributed by atoms with Gasteiger partial charge in [-0.25, -0.2) is 9.97 Å². The number of benzene rings is 8. The molecule has 0 N–H and O–H groups in total. The largest absolute Gasteiger partial charge is 0.456 e. The van der Waals surface area contributed by atoms with Crippen LogP contribution in [0.1, 0.15) is 0 Å². The number of para-hydroxylation sites is 2. The van der Waals surface area contributed by atoms with Crippen LogP contribution in [0.3, 0.4) is 0 Å². The molecule has 262 valence electrons. The Morgan fingerprint density at radius 1 is 0.321 bits per heavy atom. The molecule has 4 nitrogen and oxygen atoms in total. The Kier molecular flexibility index (Phi) is 7.46. The van der Waals surface area contributed by atoms with E-state index in [0.717, 1.165) is 83.5 Å². The maximum Gasteiger partial charge on any atom is 0.160 e. The van der Waals surface area contributed by atoms with Gasteiger partial charge in [0.25, 0.3) is 0 Å². The number of aromatic nitrogens is 3. The quantitative estimate of drug-likeness (QED) is 0.172. The van der Waals surface area contributed by atoms with Crippen LogP contribution >= 0.6 is 0 Å². The van der Waals surface area contributed by atoms with Gasteiger partial charge in [-0.05, 0) is 82.9 Å². The topological polar surface area (TPSA) is 43.9 Å². The lowest BCUT2D eigenvalue weighted by molar-refractivity contribution is 0.669. The molecular formula is C52H33N3O. The maximum absolute atomic E-state index is 6.09. The predicted molar refractivity (Wildman–Crippen MR) is 231 cm³/mol. The Hall–Kier alpha value is -7.56. The second kappa shape index (κ2) is 13.1. The van der Waals surface area contributed by atoms with Crippen LogP contribution in [0.5, 0.6) is 0 Å². The first-order valence-corrected chi connectivity index (χ1v) is 18.9. The molecule has 56 heavy (non-hydrogen) atoms. The molecular weight excluding hydrogens is 683 g/mol. The molecule has 0 aliphatic rings. The van der Waals surface area contributed by atoms with E-state index in [1.54, 1.807) is 0 Å². The van der Waals surface area contributed by atoms with E-state index in [0.29, 0.717) is 5.82 Å². The van der Waals surface area contributed by atoms with Crippen molar-refractivity contribution in [1.29, 1.82) is 0 Å². The van der Waals surface area contributed by atoms with Crippen LogP contribution in [-0.2, 0) is 0 Å². The molecule has 0 bridgehead atoms. The fourth-order valence-electron chi connectivity index (χ4n) is 8.07. The minimum atomic E-state index is 0.700. The van der Waals surface area contributed by atoms with E-state index >= 15 is 0 Å². The summed E-state index contributed by atoms with van der Waals surface area (Å²) < 4.78 is 8.46. The van der Waals surface area contributed by atoms with Gasteiger partial charge in [-0.1, -0.05) is 140 Å². The first kappa shape index (κ1) is 31.9. The Morgan fingerprint density at radius 3 is 1.62 bits per heavy atom. The molecule has 0 unspecified atom stereocenters. The number of furan rings is 1. The lowest BCUT2D eigenvalue weighted by Gasteiger charge is -2.11. The molecule has 11 rings (SSSR count). The zero-order chi connectivity index (χ0) is 37.0. The summed E-state index contributed by atoms with van der Waals surface area (Å²) in [7, 11) is 0. The molecule has 3 aromatic heterocycles. The lowest BCUT2D eigenvalue weighted by atomic mass is 10.00. The molecule has 3 heterocycles. The SMILES string of the molecule is c1ccc(-c2cc(-c3ccccc3)nc(-c3cccc(-c4ccc5c(c4)c4ccccc4n5-c4ccc(-c5ccc6oc7ccccc7c6c5)cc4)c3)n2)cc1. The number of hydrogen-bond acceptors (Lipinski definition) is 3. The van der Waals surface area contributed by atoms with Crippen LogP contribution in [0.15, 0.2) is 205 Å². The van der Waals surface area contributed by atoms with E-state index in [1.807, 2.05) is 48.5 Å². The summed E-state index contributed by atoms with van der Waals surface area (Å²) in [6, 6.07) is 70.4. The number of nitrogens with zero attached hydrogens (tertiary/aromatic N) is 3. The second-order valence-corrected chi connectivity index (χ2v) is 14.2. The summed E-state index contributed by atoms with van der Waals surface area (Å²) >= 11 is 0. The Bertz CT molecular complexity index is 3170. The van der Waals surface area contributed by atoms with E-state index in [-0.39, 0.29) is 0 Å². The lowest BCUT2D eigenvalue weighted by Crippen LogP contribution is -1.96. The zero-order valence-electron chi connectivity index (χ0n) is 30.3. The summed E-state index contributed by atoms with van der Waals surface area (Å²) in [4.78, 5) is 10.2. The van der Waals surface area contributed by atoms with Gasteiger partial charge in [0.15, 0.2) is 5.82 Å². The molecule has 0 spiro atoms. The van der Waals surface area contributed by atoms with Crippen molar-refractivity contribution < 1.29 is 4.42 Å². The van der Waals surface area contributed by atoms with Crippen LogP contribution in [0.2, 0.25) is 0 Å². The summed E-state index contributed by atoms with van der Waals surface area (Å²) in [6.07, 6.45) is 0. The third-order valence-electron chi connectivity index (χ3n) is 10.8. The highest BCUT2D eigenvalue weighted by Gasteiger charge is 2.16. The summed E-state index contributed by atoms with van der Waals surface area (Å²) in [5.41, 5.74) is 14.8. The van der Waals surface area contributed by atoms with Crippen molar-refractivity contribution >= 4 is 43.7 Å². The molecule has 0 aliphatic carbocycles. The highest BCUT2D eigenvalue weighted by molar-refractivity contribution is 6.10. The molecule has 0 saturated heterocycles. The Labute approximate surface area is 323 Å². The number of hydrogen-bond donors (Lipinski definition) is 0. The van der Waals surface area contributed by atoms with Crippen LogP contribution in [-0.4, -0.2) is 14.5 Å². The zero-order valence-corrected chi connectivity index (χ0v) is 30.3. The van der Waals surface area contributed by atoms with Gasteiger partial charge in [0.05, 0.1) is 22.4 Å². The highest BCUT2D eigenvalue weighted by atomic mass is 16.3. The van der Waals surface area contributed by atoms with Crippen molar-refractivity contribution in [2.45, 2.75) is 0 Å². The molecule has 0 aliphatic heterocycles. The number of rotatable bonds is 6. The monoisotopic (exact) mass is 715 g/mol. The molecule has 0 fully saturated rings. The maximum atomic E-state index is 6.09. The van der Waals surface area contributed by atoms with Gasteiger partial charge in [-0.2, -0.15) is 0 Å². The van der Waals surface area contributed by atoms with Crippen molar-refractivity contribution in [3.63, 3.8) is 0 Å². The van der Waals surface area contributed by atoms with Crippen LogP contribution in [0.25, 0.3) is 106 Å². The first-order valence-electron chi connectivity index (χ1n) is 18.9. The molecule has 0 saturated carbocycles. The average Bonchev–Trinajstić information content (AvgIpc) is 3.82. The van der Waals surface area contributed by atoms with Gasteiger partial charge in [-0.3, -0.25) is 0 Å². The van der Waals surface area contributed by atoms with E-state index in [9.17, 15) is 0 Å². The van der Waals surface area contributed by atoms with Gasteiger partial charge in [0.1, 0.15) is 11.2 Å². The van der Waals surface area contributed by atoms with Crippen molar-refractivity contribution in [1.82, 2.24) is 14.5 Å². The van der Waals surface area contributed by atoms with Crippen molar-refractivity contribution in [2.75, 3.05) is 0 Å². The summed E-state index contributed by atoms with van der Waals surface area (Å²) in [6.45, 7) is 0. The van der Waals surface area contributed by atoms with E-state index in [2.05, 4.69) is 156 Å².